The van der Waals surface area contributed by atoms with Crippen LogP contribution < -0.4 is 0 Å². The minimum absolute atomic E-state index is 0.601. The minimum Gasteiger partial charge on any atom is -0.411 e. The number of oxime groups is 1. The lowest BCUT2D eigenvalue weighted by Gasteiger charge is -1.97. The van der Waals surface area contributed by atoms with Gasteiger partial charge >= 0.3 is 0 Å². The maximum Gasteiger partial charge on any atom is 0.113 e. The van der Waals surface area contributed by atoms with Crippen LogP contribution >= 0.6 is 0 Å². The smallest absolute Gasteiger partial charge is 0.113 e. The Kier molecular flexibility index (Phi) is 5.36. The van der Waals surface area contributed by atoms with Crippen molar-refractivity contribution in [3.63, 3.8) is 0 Å². The van der Waals surface area contributed by atoms with Crippen LogP contribution in [-0.2, 0) is 6.42 Å². The van der Waals surface area contributed by atoms with Crippen LogP contribution in [0.25, 0.3) is 0 Å². The predicted octanol–water partition coefficient (Wildman–Crippen LogP) is 3.26. The first-order valence-corrected chi connectivity index (χ1v) is 6.56. The summed E-state index contributed by atoms with van der Waals surface area (Å²) in [6.45, 7) is 0. The summed E-state index contributed by atoms with van der Waals surface area (Å²) < 4.78 is 0. The van der Waals surface area contributed by atoms with Gasteiger partial charge in [-0.05, 0) is 36.5 Å². The number of aromatic nitrogens is 1. The highest BCUT2D eigenvalue weighted by molar-refractivity contribution is 5.76. The molecule has 2 rings (SSSR count). The van der Waals surface area contributed by atoms with E-state index in [2.05, 4.69) is 46.2 Å². The molecule has 1 aromatic heterocycles. The molecule has 0 radical (unpaired) electrons. The average molecular weight is 264 g/mol. The van der Waals surface area contributed by atoms with E-state index < -0.39 is 0 Å². The molecular formula is C17H16N2O. The Balaban J connectivity index is 1.84. The summed E-state index contributed by atoms with van der Waals surface area (Å²) in [6, 6.07) is 15.9. The van der Waals surface area contributed by atoms with E-state index in [-0.39, 0.29) is 0 Å². The number of rotatable bonds is 4. The fourth-order valence-electron chi connectivity index (χ4n) is 1.83. The molecule has 3 heteroatoms. The van der Waals surface area contributed by atoms with Crippen molar-refractivity contribution in [1.29, 1.82) is 0 Å². The van der Waals surface area contributed by atoms with Crippen LogP contribution in [0.15, 0.2) is 53.7 Å². The van der Waals surface area contributed by atoms with Gasteiger partial charge < -0.3 is 5.21 Å². The molecule has 0 fully saturated rings. The van der Waals surface area contributed by atoms with E-state index in [0.29, 0.717) is 11.4 Å². The molecular weight excluding hydrogens is 248 g/mol. The summed E-state index contributed by atoms with van der Waals surface area (Å²) in [6.07, 6.45) is 4.21. The third kappa shape index (κ3) is 4.58. The van der Waals surface area contributed by atoms with E-state index in [9.17, 15) is 0 Å². The number of pyridine rings is 1. The molecule has 0 aliphatic carbocycles. The highest BCUT2D eigenvalue weighted by atomic mass is 16.4. The molecule has 3 nitrogen and oxygen atoms in total. The molecule has 20 heavy (non-hydrogen) atoms. The predicted molar refractivity (Wildman–Crippen MR) is 79.9 cm³/mol. The second-order valence-electron chi connectivity index (χ2n) is 4.33. The number of hydrogen-bond donors (Lipinski definition) is 1. The Labute approximate surface area is 119 Å². The zero-order valence-electron chi connectivity index (χ0n) is 11.2. The lowest BCUT2D eigenvalue weighted by atomic mass is 10.1. The number of unbranched alkanes of at least 4 members (excludes halogenated alkanes) is 1. The summed E-state index contributed by atoms with van der Waals surface area (Å²) in [5.74, 6) is 6.15. The average Bonchev–Trinajstić information content (AvgIpc) is 2.49. The zero-order valence-corrected chi connectivity index (χ0v) is 11.2. The second-order valence-corrected chi connectivity index (χ2v) is 4.33. The summed E-state index contributed by atoms with van der Waals surface area (Å²) in [5, 5.41) is 11.4. The Morgan fingerprint density at radius 2 is 1.95 bits per heavy atom. The van der Waals surface area contributed by atoms with Gasteiger partial charge in [-0.2, -0.15) is 0 Å². The van der Waals surface area contributed by atoms with Crippen molar-refractivity contribution in [1.82, 2.24) is 4.98 Å². The van der Waals surface area contributed by atoms with Crippen LogP contribution in [0.1, 0.15) is 29.8 Å². The first-order chi connectivity index (χ1) is 9.88. The van der Waals surface area contributed by atoms with Gasteiger partial charge in [0, 0.05) is 6.42 Å². The summed E-state index contributed by atoms with van der Waals surface area (Å²) in [5.41, 5.74) is 2.64. The fraction of sp³-hybridized carbons (Fsp3) is 0.176. The van der Waals surface area contributed by atoms with Crippen molar-refractivity contribution in [2.45, 2.75) is 19.3 Å². The second kappa shape index (κ2) is 7.75. The third-order valence-electron chi connectivity index (χ3n) is 2.79. The SMILES string of the molecule is O/N=C/c1cccc(C#CCCCc2ccccc2)n1. The van der Waals surface area contributed by atoms with Crippen molar-refractivity contribution in [2.75, 3.05) is 0 Å². The van der Waals surface area contributed by atoms with Gasteiger partial charge in [0.05, 0.1) is 11.9 Å². The van der Waals surface area contributed by atoms with Crippen LogP contribution in [0.5, 0.6) is 0 Å². The number of benzene rings is 1. The van der Waals surface area contributed by atoms with Crippen LogP contribution in [0, 0.1) is 11.8 Å². The third-order valence-corrected chi connectivity index (χ3v) is 2.79. The molecule has 100 valence electrons. The maximum atomic E-state index is 8.46. The van der Waals surface area contributed by atoms with Gasteiger partial charge in [0.25, 0.3) is 0 Å². The van der Waals surface area contributed by atoms with Crippen molar-refractivity contribution < 1.29 is 5.21 Å². The molecule has 0 saturated carbocycles. The molecule has 1 N–H and O–H groups in total. The highest BCUT2D eigenvalue weighted by Crippen LogP contribution is 2.04. The van der Waals surface area contributed by atoms with Crippen LogP contribution in [-0.4, -0.2) is 16.4 Å². The van der Waals surface area contributed by atoms with E-state index >= 15 is 0 Å². The normalized spacial score (nSPS) is 10.2. The van der Waals surface area contributed by atoms with E-state index in [0.717, 1.165) is 19.3 Å². The van der Waals surface area contributed by atoms with E-state index in [4.69, 9.17) is 5.21 Å². The van der Waals surface area contributed by atoms with Crippen LogP contribution in [0.2, 0.25) is 0 Å². The van der Waals surface area contributed by atoms with Crippen molar-refractivity contribution in [3.8, 4) is 11.8 Å². The number of nitrogens with zero attached hydrogens (tertiary/aromatic N) is 2. The largest absolute Gasteiger partial charge is 0.411 e. The molecule has 0 amide bonds. The van der Waals surface area contributed by atoms with Crippen molar-refractivity contribution >= 4 is 6.21 Å². The molecule has 2 aromatic rings. The molecule has 1 aromatic carbocycles. The van der Waals surface area contributed by atoms with E-state index in [1.54, 1.807) is 6.07 Å². The lowest BCUT2D eigenvalue weighted by molar-refractivity contribution is 0.321. The lowest BCUT2D eigenvalue weighted by Crippen LogP contribution is -1.90. The molecule has 0 saturated heterocycles. The number of aryl methyl sites for hydroxylation is 1. The molecule has 0 aliphatic rings. The monoisotopic (exact) mass is 264 g/mol. The zero-order chi connectivity index (χ0) is 14.0. The summed E-state index contributed by atoms with van der Waals surface area (Å²) >= 11 is 0. The molecule has 0 aliphatic heterocycles. The fourth-order valence-corrected chi connectivity index (χ4v) is 1.83. The Morgan fingerprint density at radius 3 is 2.75 bits per heavy atom. The number of hydrogen-bond acceptors (Lipinski definition) is 3. The maximum absolute atomic E-state index is 8.46. The van der Waals surface area contributed by atoms with E-state index in [1.165, 1.54) is 11.8 Å². The van der Waals surface area contributed by atoms with Gasteiger partial charge in [0.2, 0.25) is 0 Å². The Morgan fingerprint density at radius 1 is 1.10 bits per heavy atom. The molecule has 0 atom stereocenters. The molecule has 1 heterocycles. The van der Waals surface area contributed by atoms with Crippen molar-refractivity contribution in [3.05, 3.63) is 65.5 Å². The molecule has 0 unspecified atom stereocenters. The van der Waals surface area contributed by atoms with Crippen LogP contribution in [0.4, 0.5) is 0 Å². The van der Waals surface area contributed by atoms with E-state index in [1.807, 2.05) is 18.2 Å². The Hall–Kier alpha value is -2.60. The van der Waals surface area contributed by atoms with Gasteiger partial charge in [0.15, 0.2) is 0 Å². The summed E-state index contributed by atoms with van der Waals surface area (Å²) in [7, 11) is 0. The van der Waals surface area contributed by atoms with Gasteiger partial charge in [-0.3, -0.25) is 0 Å². The van der Waals surface area contributed by atoms with Gasteiger partial charge in [-0.25, -0.2) is 4.98 Å². The van der Waals surface area contributed by atoms with Gasteiger partial charge in [-0.15, -0.1) is 0 Å². The Bertz CT molecular complexity index is 624. The summed E-state index contributed by atoms with van der Waals surface area (Å²) in [4.78, 5) is 4.24. The molecule has 0 bridgehead atoms. The first kappa shape index (κ1) is 13.8. The topological polar surface area (TPSA) is 45.5 Å². The highest BCUT2D eigenvalue weighted by Gasteiger charge is 1.92. The van der Waals surface area contributed by atoms with Gasteiger partial charge in [-0.1, -0.05) is 47.5 Å². The van der Waals surface area contributed by atoms with Crippen LogP contribution in [0.3, 0.4) is 0 Å². The minimum atomic E-state index is 0.601. The van der Waals surface area contributed by atoms with Gasteiger partial charge in [0.1, 0.15) is 5.69 Å². The molecule has 0 spiro atoms. The standard InChI is InChI=1S/C17H16N2O/c20-18-14-17-13-7-12-16(19-17)11-6-2-5-10-15-8-3-1-4-9-15/h1,3-4,7-9,12-14,20H,2,5,10H2/b18-14+. The first-order valence-electron chi connectivity index (χ1n) is 6.56. The van der Waals surface area contributed by atoms with Crippen molar-refractivity contribution in [2.24, 2.45) is 5.16 Å². The quantitative estimate of drug-likeness (QED) is 0.303.